The fourth-order valence-corrected chi connectivity index (χ4v) is 4.08. The molecule has 1 fully saturated rings. The van der Waals surface area contributed by atoms with Crippen LogP contribution in [-0.2, 0) is 0 Å². The number of hydrogen-bond acceptors (Lipinski definition) is 5. The number of pyridine rings is 1. The zero-order valence-electron chi connectivity index (χ0n) is 18.4. The third-order valence-corrected chi connectivity index (χ3v) is 5.67. The number of anilines is 1. The molecule has 1 aromatic carbocycles. The number of nitrogens with one attached hydrogen (secondary N) is 2. The Balaban J connectivity index is 0.00000167. The fourth-order valence-electron chi connectivity index (χ4n) is 3.79. The lowest BCUT2D eigenvalue weighted by molar-refractivity contribution is -0.123. The third kappa shape index (κ3) is 6.03. The second kappa shape index (κ2) is 11.2. The van der Waals surface area contributed by atoms with Crippen molar-refractivity contribution < 1.29 is 22.3 Å². The van der Waals surface area contributed by atoms with Gasteiger partial charge in [0.25, 0.3) is 0 Å². The van der Waals surface area contributed by atoms with Gasteiger partial charge in [0.15, 0.2) is 11.6 Å². The lowest BCUT2D eigenvalue weighted by Gasteiger charge is -2.30. The Morgan fingerprint density at radius 2 is 1.97 bits per heavy atom. The lowest BCUT2D eigenvalue weighted by atomic mass is 9.92. The molecule has 12 heteroatoms. The molecule has 2 N–H and O–H groups in total. The highest BCUT2D eigenvalue weighted by Crippen LogP contribution is 2.43. The first-order valence-corrected chi connectivity index (χ1v) is 11.8. The number of alkyl halides is 3. The Kier molecular flexibility index (Phi) is 8.56. The molecule has 2 atom stereocenters. The maximum Gasteiger partial charge on any atom is 0.402 e. The van der Waals surface area contributed by atoms with Crippen molar-refractivity contribution in [1.82, 2.24) is 15.0 Å². The average molecular weight is 523 g/mol. The summed E-state index contributed by atoms with van der Waals surface area (Å²) in [5, 5.41) is 10.4. The number of nitriles is 1. The summed E-state index contributed by atoms with van der Waals surface area (Å²) in [5.41, 5.74) is 6.48. The summed E-state index contributed by atoms with van der Waals surface area (Å²) in [4.78, 5) is 4.38. The normalized spacial score (nSPS) is 13.6. The predicted octanol–water partition coefficient (Wildman–Crippen LogP) is 5.58. The van der Waals surface area contributed by atoms with Crippen LogP contribution in [-0.4, -0.2) is 27.9 Å². The summed E-state index contributed by atoms with van der Waals surface area (Å²) in [6.45, 7) is -1.20. The van der Waals surface area contributed by atoms with Gasteiger partial charge in [0, 0.05) is 17.5 Å². The van der Waals surface area contributed by atoms with Gasteiger partial charge >= 0.3 is 6.18 Å². The number of ether oxygens (including phenoxy) is 1. The van der Waals surface area contributed by atoms with E-state index in [0.717, 1.165) is 19.3 Å². The van der Waals surface area contributed by atoms with Gasteiger partial charge in [-0.2, -0.15) is 18.4 Å². The molecular formula is C23H23F4N5OP2. The Morgan fingerprint density at radius 3 is 2.49 bits per heavy atom. The van der Waals surface area contributed by atoms with E-state index in [9.17, 15) is 22.8 Å². The molecule has 2 heterocycles. The largest absolute Gasteiger partial charge is 0.480 e. The molecule has 1 saturated carbocycles. The summed E-state index contributed by atoms with van der Waals surface area (Å²) in [6, 6.07) is 8.40. The molecule has 0 aliphatic heterocycles. The molecule has 0 amide bonds. The van der Waals surface area contributed by atoms with Crippen LogP contribution in [0.15, 0.2) is 30.5 Å². The number of rotatable bonds is 7. The minimum absolute atomic E-state index is 0.0786. The fraction of sp³-hybridized carbons (Fsp3) is 0.304. The molecular weight excluding hydrogens is 500 g/mol. The van der Waals surface area contributed by atoms with E-state index in [0.29, 0.717) is 33.5 Å². The van der Waals surface area contributed by atoms with Crippen molar-refractivity contribution in [1.29, 1.82) is 5.26 Å². The second-order valence-corrected chi connectivity index (χ2v) is 9.78. The Hall–Kier alpha value is -2.90. The highest BCUT2D eigenvalue weighted by atomic mass is 31.1. The molecule has 0 spiro atoms. The van der Waals surface area contributed by atoms with Crippen molar-refractivity contribution in [3.8, 4) is 36.1 Å². The van der Waals surface area contributed by atoms with E-state index in [-0.39, 0.29) is 17.4 Å². The van der Waals surface area contributed by atoms with Crippen LogP contribution in [0.2, 0.25) is 0 Å². The van der Waals surface area contributed by atoms with Gasteiger partial charge in [-0.25, -0.2) is 9.82 Å². The van der Waals surface area contributed by atoms with Crippen LogP contribution in [0.3, 0.4) is 0 Å². The number of hydrogen-bond donors (Lipinski definition) is 2. The number of terminal acetylenes is 1. The lowest BCUT2D eigenvalue weighted by Crippen LogP contribution is -2.32. The first-order valence-electron chi connectivity index (χ1n) is 10.5. The smallest absolute Gasteiger partial charge is 0.402 e. The van der Waals surface area contributed by atoms with Gasteiger partial charge < -0.3 is 14.7 Å². The molecule has 0 bridgehead atoms. The summed E-state index contributed by atoms with van der Waals surface area (Å²) in [5.74, 6) is -0.496. The van der Waals surface area contributed by atoms with E-state index < -0.39 is 18.5 Å². The van der Waals surface area contributed by atoms with E-state index in [1.807, 2.05) is 4.57 Å². The molecule has 6 nitrogen and oxygen atoms in total. The van der Waals surface area contributed by atoms with Crippen LogP contribution in [0, 0.1) is 30.0 Å². The molecule has 0 saturated heterocycles. The van der Waals surface area contributed by atoms with Gasteiger partial charge in [-0.15, -0.1) is 12.8 Å². The Labute approximate surface area is 204 Å². The first-order chi connectivity index (χ1) is 16.7. The maximum absolute atomic E-state index is 14.7. The highest BCUT2D eigenvalue weighted by Gasteiger charge is 2.30. The summed E-state index contributed by atoms with van der Waals surface area (Å²) in [7, 11) is 4.83. The highest BCUT2D eigenvalue weighted by molar-refractivity contribution is 7.37. The number of benzene rings is 1. The Morgan fingerprint density at radius 1 is 1.26 bits per heavy atom. The molecule has 4 rings (SSSR count). The van der Waals surface area contributed by atoms with Crippen LogP contribution in [0.5, 0.6) is 5.75 Å². The summed E-state index contributed by atoms with van der Waals surface area (Å²) in [6.07, 6.45) is 7.89. The molecule has 1 aliphatic rings. The summed E-state index contributed by atoms with van der Waals surface area (Å²) >= 11 is 0. The van der Waals surface area contributed by atoms with Gasteiger partial charge in [-0.3, -0.25) is 4.98 Å². The number of fused-ring (bicyclic) bond motifs is 1. The van der Waals surface area contributed by atoms with Crippen molar-refractivity contribution >= 4 is 35.1 Å². The second-order valence-electron chi connectivity index (χ2n) is 7.70. The van der Waals surface area contributed by atoms with Crippen LogP contribution in [0.25, 0.3) is 22.3 Å². The van der Waals surface area contributed by atoms with E-state index in [4.69, 9.17) is 4.74 Å². The van der Waals surface area contributed by atoms with E-state index in [1.54, 1.807) is 18.2 Å². The maximum atomic E-state index is 14.7. The van der Waals surface area contributed by atoms with Crippen LogP contribution in [0.1, 0.15) is 30.9 Å². The van der Waals surface area contributed by atoms with Gasteiger partial charge in [-0.1, -0.05) is 18.5 Å². The van der Waals surface area contributed by atoms with Gasteiger partial charge in [0.1, 0.15) is 18.2 Å². The topological polar surface area (TPSA) is 74.9 Å². The minimum Gasteiger partial charge on any atom is -0.480 e. The standard InChI is InChI=1S/C21H21F4N5OP2.C2H2/c22-15-6-13-14(8-26)19(16-5-4-11(9-27-16)29-28-10-21(23,24)25)30(12-2-1-3-12)17(13)7-18(15)31-20(32)33;1-2/h4-7,9,12,20,28-29H,1-3,10,32-33H2;1-2H. The number of aromatic nitrogens is 2. The monoisotopic (exact) mass is 523 g/mol. The molecule has 2 unspecified atom stereocenters. The molecule has 35 heavy (non-hydrogen) atoms. The molecule has 0 radical (unpaired) electrons. The molecule has 3 aromatic rings. The SMILES string of the molecule is C#C.N#Cc1c(-c2ccc(NNCC(F)(F)F)cn2)n(C2CCC2)c2cc(OC(P)P)c(F)cc12. The van der Waals surface area contributed by atoms with Crippen molar-refractivity contribution in [2.24, 2.45) is 0 Å². The van der Waals surface area contributed by atoms with Gasteiger partial charge in [0.05, 0.1) is 34.4 Å². The van der Waals surface area contributed by atoms with Gasteiger partial charge in [0.2, 0.25) is 0 Å². The molecule has 1 aliphatic carbocycles. The van der Waals surface area contributed by atoms with Crippen molar-refractivity contribution in [3.05, 3.63) is 41.8 Å². The van der Waals surface area contributed by atoms with E-state index in [2.05, 4.69) is 53.2 Å². The molecule has 184 valence electrons. The van der Waals surface area contributed by atoms with Crippen molar-refractivity contribution in [2.75, 3.05) is 12.0 Å². The van der Waals surface area contributed by atoms with Gasteiger partial charge in [-0.05, 0) is 37.5 Å². The Bertz CT molecular complexity index is 1250. The molecule has 2 aromatic heterocycles. The van der Waals surface area contributed by atoms with Crippen LogP contribution < -0.4 is 15.6 Å². The zero-order chi connectivity index (χ0) is 25.8. The summed E-state index contributed by atoms with van der Waals surface area (Å²) < 4.78 is 59.2. The number of halogens is 4. The quantitative estimate of drug-likeness (QED) is 0.183. The predicted molar refractivity (Wildman–Crippen MR) is 134 cm³/mol. The van der Waals surface area contributed by atoms with Crippen LogP contribution in [0.4, 0.5) is 23.2 Å². The number of hydrazine groups is 1. The van der Waals surface area contributed by atoms with Crippen molar-refractivity contribution in [2.45, 2.75) is 37.1 Å². The van der Waals surface area contributed by atoms with Crippen LogP contribution >= 0.6 is 18.5 Å². The average Bonchev–Trinajstić information content (AvgIpc) is 3.06. The van der Waals surface area contributed by atoms with Crippen molar-refractivity contribution in [3.63, 3.8) is 0 Å². The number of nitrogens with zero attached hydrogens (tertiary/aromatic N) is 3. The first kappa shape index (κ1) is 26.7. The zero-order valence-corrected chi connectivity index (χ0v) is 20.8. The van der Waals surface area contributed by atoms with E-state index >= 15 is 0 Å². The third-order valence-electron chi connectivity index (χ3n) is 5.40. The minimum atomic E-state index is -4.35. The van der Waals surface area contributed by atoms with E-state index in [1.165, 1.54) is 12.3 Å².